The van der Waals surface area contributed by atoms with Gasteiger partial charge in [0, 0.05) is 0 Å². The molecule has 0 saturated heterocycles. The van der Waals surface area contributed by atoms with Gasteiger partial charge in [0.25, 0.3) is 0 Å². The summed E-state index contributed by atoms with van der Waals surface area (Å²) in [6.45, 7) is 11.9. The predicted octanol–water partition coefficient (Wildman–Crippen LogP) is 1.89. The monoisotopic (exact) mass is 246 g/mol. The fourth-order valence-corrected chi connectivity index (χ4v) is 0. The van der Waals surface area contributed by atoms with E-state index in [1.54, 1.807) is 0 Å². The zero-order valence-electron chi connectivity index (χ0n) is 6.45. The van der Waals surface area contributed by atoms with Crippen molar-refractivity contribution in [3.05, 3.63) is 0 Å². The van der Waals surface area contributed by atoms with E-state index in [0.717, 1.165) is 0 Å². The summed E-state index contributed by atoms with van der Waals surface area (Å²) < 4.78 is 0. The van der Waals surface area contributed by atoms with E-state index in [-0.39, 0.29) is 0 Å². The molecule has 0 atom stereocenters. The van der Waals surface area contributed by atoms with E-state index in [9.17, 15) is 0 Å². The van der Waals surface area contributed by atoms with E-state index in [1.165, 1.54) is 0 Å². The molecule has 0 bridgehead atoms. The van der Waals surface area contributed by atoms with Crippen LogP contribution in [0, 0.1) is 0 Å². The Morgan fingerprint density at radius 1 is 1.12 bits per heavy atom. The summed E-state index contributed by atoms with van der Waals surface area (Å²) in [4.78, 5) is 0. The molecule has 0 aliphatic rings. The molecule has 0 spiro atoms. The fourth-order valence-electron chi connectivity index (χ4n) is 0. The Labute approximate surface area is 66.1 Å². The molecule has 0 amide bonds. The van der Waals surface area contributed by atoms with E-state index in [2.05, 4.69) is 55.4 Å². The second-order valence-electron chi connectivity index (χ2n) is 3.81. The van der Waals surface area contributed by atoms with Crippen molar-refractivity contribution >= 4 is 27.1 Å². The van der Waals surface area contributed by atoms with Gasteiger partial charge in [-0.3, -0.25) is 0 Å². The van der Waals surface area contributed by atoms with Crippen LogP contribution in [-0.2, 0) is 0 Å². The van der Waals surface area contributed by atoms with Gasteiger partial charge in [-0.25, -0.2) is 0 Å². The molecule has 0 saturated carbocycles. The van der Waals surface area contributed by atoms with E-state index in [1.807, 2.05) is 0 Å². The second-order valence-corrected chi connectivity index (χ2v) is 18.0. The van der Waals surface area contributed by atoms with Crippen molar-refractivity contribution in [2.45, 2.75) is 38.9 Å². The molecule has 0 N–H and O–H groups in total. The van der Waals surface area contributed by atoms with Crippen LogP contribution >= 0.6 is 0 Å². The summed E-state index contributed by atoms with van der Waals surface area (Å²) in [6, 6.07) is 0. The van der Waals surface area contributed by atoms with Gasteiger partial charge in [-0.05, 0) is 0 Å². The molecule has 0 rings (SSSR count). The van der Waals surface area contributed by atoms with Crippen LogP contribution in [0.5, 0.6) is 0 Å². The van der Waals surface area contributed by atoms with E-state index < -0.39 is 5.62 Å². The predicted molar refractivity (Wildman–Crippen MR) is 44.3 cm³/mol. The van der Waals surface area contributed by atoms with Crippen LogP contribution < -0.4 is 0 Å². The van der Waals surface area contributed by atoms with Crippen LogP contribution in [0.3, 0.4) is 0 Å². The van der Waals surface area contributed by atoms with Crippen LogP contribution in [0.1, 0.15) is 20.8 Å². The average molecular weight is 244 g/mol. The van der Waals surface area contributed by atoms with E-state index in [0.29, 0.717) is 5.04 Å². The van der Waals surface area contributed by atoms with Crippen molar-refractivity contribution in [1.82, 2.24) is 0 Å². The molecular weight excluding hydrogens is 228 g/mol. The Hall–Kier alpha value is 1.01. The summed E-state index contributed by atoms with van der Waals surface area (Å²) in [7, 11) is 0. The van der Waals surface area contributed by atoms with Crippen molar-refractivity contribution in [3.63, 3.8) is 0 Å². The topological polar surface area (TPSA) is 0 Å². The van der Waals surface area contributed by atoms with E-state index >= 15 is 0 Å². The Kier molecular flexibility index (Phi) is 2.62. The second kappa shape index (κ2) is 2.32. The van der Waals surface area contributed by atoms with Gasteiger partial charge in [0.2, 0.25) is 0 Å². The Morgan fingerprint density at radius 2 is 1.25 bits per heavy atom. The first kappa shape index (κ1) is 9.01. The third kappa shape index (κ3) is 2.52. The summed E-state index contributed by atoms with van der Waals surface area (Å²) in [5.74, 6) is 0. The van der Waals surface area contributed by atoms with Crippen LogP contribution in [0.25, 0.3) is 0 Å². The first-order chi connectivity index (χ1) is 3.25. The molecule has 0 aliphatic heterocycles. The molecule has 0 nitrogen and oxygen atoms in total. The summed E-state index contributed by atoms with van der Waals surface area (Å²) in [5.41, 5.74) is -0.809. The molecule has 0 aromatic heterocycles. The summed E-state index contributed by atoms with van der Waals surface area (Å²) >= 11 is 2.06. The van der Waals surface area contributed by atoms with Gasteiger partial charge in [0.05, 0.1) is 0 Å². The molecule has 0 aromatic carbocycles. The molecule has 0 heterocycles. The van der Waals surface area contributed by atoms with Crippen LogP contribution in [0.15, 0.2) is 0 Å². The van der Waals surface area contributed by atoms with Crippen molar-refractivity contribution in [3.8, 4) is 0 Å². The van der Waals surface area contributed by atoms with Gasteiger partial charge < -0.3 is 0 Å². The van der Waals surface area contributed by atoms with Gasteiger partial charge in [0.15, 0.2) is 0 Å². The molecule has 50 valence electrons. The van der Waals surface area contributed by atoms with Crippen LogP contribution in [0.2, 0.25) is 18.1 Å². The summed E-state index contributed by atoms with van der Waals surface area (Å²) in [5, 5.41) is 0.599. The molecule has 0 unspecified atom stereocenters. The molecule has 0 fully saturated rings. The van der Waals surface area contributed by atoms with Crippen molar-refractivity contribution in [1.29, 1.82) is 0 Å². The van der Waals surface area contributed by atoms with Crippen LogP contribution in [-0.4, -0.2) is 27.1 Å². The van der Waals surface area contributed by atoms with Crippen molar-refractivity contribution in [2.75, 3.05) is 0 Å². The maximum absolute atomic E-state index is 2.43. The third-order valence-corrected chi connectivity index (χ3v) is 11.2. The van der Waals surface area contributed by atoms with E-state index in [4.69, 9.17) is 0 Å². The van der Waals surface area contributed by atoms with Gasteiger partial charge >= 0.3 is 66.0 Å². The first-order valence-corrected chi connectivity index (χ1v) is 9.75. The number of rotatable bonds is 0. The Balaban J connectivity index is 4.02. The molecule has 0 aliphatic carbocycles. The number of hydrogen-bond donors (Lipinski definition) is 0. The molecule has 2 heteroatoms. The Bertz CT molecular complexity index is 63.5. The average Bonchev–Trinajstić information content (AvgIpc) is 1.25. The van der Waals surface area contributed by atoms with Crippen molar-refractivity contribution < 1.29 is 0 Å². The third-order valence-electron chi connectivity index (χ3n) is 1.84. The minimum absolute atomic E-state index is 0.599. The van der Waals surface area contributed by atoms with Gasteiger partial charge in [-0.2, -0.15) is 0 Å². The zero-order chi connectivity index (χ0) is 7.00. The van der Waals surface area contributed by atoms with Gasteiger partial charge in [-0.1, -0.05) is 0 Å². The van der Waals surface area contributed by atoms with Gasteiger partial charge in [0.1, 0.15) is 0 Å². The van der Waals surface area contributed by atoms with Crippen LogP contribution in [0.4, 0.5) is 0 Å². The van der Waals surface area contributed by atoms with Gasteiger partial charge in [-0.15, -0.1) is 0 Å². The molecule has 8 heavy (non-hydrogen) atoms. The first-order valence-electron chi connectivity index (χ1n) is 2.97. The quantitative estimate of drug-likeness (QED) is 0.570. The molecule has 0 radical (unpaired) electrons. The minimum atomic E-state index is -0.809. The SMILES string of the molecule is CC(C)(C)[Si](C)(C)[TeH]. The molecule has 0 aromatic rings. The van der Waals surface area contributed by atoms with Crippen molar-refractivity contribution in [2.24, 2.45) is 0 Å². The Morgan fingerprint density at radius 3 is 1.25 bits per heavy atom. The fraction of sp³-hybridized carbons (Fsp3) is 1.00. The summed E-state index contributed by atoms with van der Waals surface area (Å²) in [6.07, 6.45) is 0. The standard InChI is InChI=1S/C6H16SiTe/c1-6(2,3)7(4,5)8/h8H,1-5H3. The zero-order valence-corrected chi connectivity index (χ0v) is 10.0. The molecular formula is C6H16SiTe. The maximum atomic E-state index is 2.43. The normalized spacial score (nSPS) is 14.2. The number of hydrogen-bond acceptors (Lipinski definition) is 0.